The van der Waals surface area contributed by atoms with Crippen LogP contribution in [0.15, 0.2) is 4.99 Å². The Balaban J connectivity index is 2.51. The summed E-state index contributed by atoms with van der Waals surface area (Å²) in [5, 5.41) is 6.77. The van der Waals surface area contributed by atoms with Crippen molar-refractivity contribution in [3.63, 3.8) is 0 Å². The molecule has 6 heteroatoms. The van der Waals surface area contributed by atoms with E-state index in [-0.39, 0.29) is 12.5 Å². The lowest BCUT2D eigenvalue weighted by atomic mass is 10.0. The van der Waals surface area contributed by atoms with Crippen molar-refractivity contribution < 1.29 is 4.79 Å². The Morgan fingerprint density at radius 2 is 2.08 bits per heavy atom. The molecule has 1 heterocycles. The Morgan fingerprint density at radius 1 is 1.33 bits per heavy atom. The molecular formula is C18H37N5O. The summed E-state index contributed by atoms with van der Waals surface area (Å²) >= 11 is 0. The van der Waals surface area contributed by atoms with E-state index in [2.05, 4.69) is 41.3 Å². The highest BCUT2D eigenvalue weighted by atomic mass is 16.2. The predicted octanol–water partition coefficient (Wildman–Crippen LogP) is 1.67. The van der Waals surface area contributed by atoms with Gasteiger partial charge in [-0.1, -0.05) is 20.3 Å². The van der Waals surface area contributed by atoms with Gasteiger partial charge in [-0.3, -0.25) is 9.69 Å². The second-order valence-corrected chi connectivity index (χ2v) is 6.93. The van der Waals surface area contributed by atoms with Gasteiger partial charge in [0.2, 0.25) is 5.91 Å². The summed E-state index contributed by atoms with van der Waals surface area (Å²) in [6, 6.07) is 1.06. The third-order valence-corrected chi connectivity index (χ3v) is 4.78. The number of hydrogen-bond acceptors (Lipinski definition) is 3. The van der Waals surface area contributed by atoms with Crippen LogP contribution in [0.2, 0.25) is 0 Å². The molecule has 0 saturated carbocycles. The molecule has 2 unspecified atom stereocenters. The Bertz CT molecular complexity index is 397. The molecule has 0 spiro atoms. The van der Waals surface area contributed by atoms with Gasteiger partial charge in [0, 0.05) is 39.3 Å². The number of carbonyl (C=O) groups excluding carboxylic acids is 1. The largest absolute Gasteiger partial charge is 0.355 e. The van der Waals surface area contributed by atoms with Crippen LogP contribution in [0.3, 0.4) is 0 Å². The number of amides is 1. The van der Waals surface area contributed by atoms with Gasteiger partial charge >= 0.3 is 0 Å². The van der Waals surface area contributed by atoms with E-state index in [1.54, 1.807) is 19.0 Å². The van der Waals surface area contributed by atoms with Crippen LogP contribution in [-0.2, 0) is 4.79 Å². The van der Waals surface area contributed by atoms with Gasteiger partial charge in [0.25, 0.3) is 0 Å². The fraction of sp³-hybridized carbons (Fsp3) is 0.889. The molecule has 0 aromatic heterocycles. The van der Waals surface area contributed by atoms with Gasteiger partial charge in [-0.2, -0.15) is 0 Å². The van der Waals surface area contributed by atoms with Crippen LogP contribution < -0.4 is 10.6 Å². The summed E-state index contributed by atoms with van der Waals surface area (Å²) in [6.07, 6.45) is 6.23. The first-order valence-corrected chi connectivity index (χ1v) is 9.46. The Morgan fingerprint density at radius 3 is 2.71 bits per heavy atom. The molecule has 0 aliphatic carbocycles. The average molecular weight is 340 g/mol. The highest BCUT2D eigenvalue weighted by Crippen LogP contribution is 2.18. The quantitative estimate of drug-likeness (QED) is 0.522. The van der Waals surface area contributed by atoms with E-state index in [9.17, 15) is 4.79 Å². The van der Waals surface area contributed by atoms with Crippen molar-refractivity contribution in [2.45, 2.75) is 65.0 Å². The van der Waals surface area contributed by atoms with Gasteiger partial charge < -0.3 is 15.5 Å². The molecule has 0 aromatic rings. The van der Waals surface area contributed by atoms with Gasteiger partial charge in [0.05, 0.1) is 0 Å². The minimum atomic E-state index is 0.0160. The first-order chi connectivity index (χ1) is 11.5. The summed E-state index contributed by atoms with van der Waals surface area (Å²) in [6.45, 7) is 9.81. The predicted molar refractivity (Wildman–Crippen MR) is 101 cm³/mol. The molecule has 0 aromatic carbocycles. The summed E-state index contributed by atoms with van der Waals surface area (Å²) < 4.78 is 0. The first-order valence-electron chi connectivity index (χ1n) is 9.46. The standard InChI is InChI=1S/C18H37N5O/c1-6-15(3)21-18(20-14-17(24)22(4)5)19-11-13-23-12-9-8-10-16(23)7-2/h15-16H,6-14H2,1-5H3,(H2,19,20,21). The van der Waals surface area contributed by atoms with Crippen molar-refractivity contribution in [1.29, 1.82) is 0 Å². The Kier molecular flexibility index (Phi) is 9.76. The van der Waals surface area contributed by atoms with Crippen molar-refractivity contribution in [3.05, 3.63) is 0 Å². The van der Waals surface area contributed by atoms with Gasteiger partial charge in [-0.25, -0.2) is 4.99 Å². The van der Waals surface area contributed by atoms with E-state index < -0.39 is 0 Å². The van der Waals surface area contributed by atoms with Crippen molar-refractivity contribution in [2.75, 3.05) is 40.3 Å². The average Bonchev–Trinajstić information content (AvgIpc) is 2.59. The van der Waals surface area contributed by atoms with Crippen molar-refractivity contribution in [3.8, 4) is 0 Å². The molecule has 1 fully saturated rings. The number of aliphatic imine (C=N–C) groups is 1. The van der Waals surface area contributed by atoms with E-state index in [4.69, 9.17) is 0 Å². The molecule has 24 heavy (non-hydrogen) atoms. The number of piperidine rings is 1. The molecule has 2 N–H and O–H groups in total. The van der Waals surface area contributed by atoms with Crippen LogP contribution in [0.25, 0.3) is 0 Å². The van der Waals surface area contributed by atoms with E-state index in [1.807, 2.05) is 0 Å². The number of hydrogen-bond donors (Lipinski definition) is 2. The maximum atomic E-state index is 11.8. The molecule has 6 nitrogen and oxygen atoms in total. The van der Waals surface area contributed by atoms with Crippen LogP contribution in [0.1, 0.15) is 52.9 Å². The lowest BCUT2D eigenvalue weighted by Gasteiger charge is -2.35. The van der Waals surface area contributed by atoms with E-state index in [0.717, 1.165) is 31.5 Å². The van der Waals surface area contributed by atoms with E-state index in [1.165, 1.54) is 32.2 Å². The summed E-state index contributed by atoms with van der Waals surface area (Å²) in [4.78, 5) is 20.4. The highest BCUT2D eigenvalue weighted by molar-refractivity contribution is 5.84. The zero-order valence-corrected chi connectivity index (χ0v) is 16.3. The van der Waals surface area contributed by atoms with Crippen LogP contribution in [0.4, 0.5) is 0 Å². The number of likely N-dealkylation sites (tertiary alicyclic amines) is 1. The van der Waals surface area contributed by atoms with Gasteiger partial charge in [0.15, 0.2) is 5.96 Å². The molecule has 1 aliphatic rings. The third-order valence-electron chi connectivity index (χ3n) is 4.78. The minimum absolute atomic E-state index is 0.0160. The maximum absolute atomic E-state index is 11.8. The van der Waals surface area contributed by atoms with Crippen molar-refractivity contribution >= 4 is 11.9 Å². The number of guanidine groups is 1. The van der Waals surface area contributed by atoms with Gasteiger partial charge in [0.1, 0.15) is 6.54 Å². The lowest BCUT2D eigenvalue weighted by Crippen LogP contribution is -2.47. The van der Waals surface area contributed by atoms with E-state index in [0.29, 0.717) is 6.04 Å². The zero-order valence-electron chi connectivity index (χ0n) is 16.3. The summed E-state index contributed by atoms with van der Waals surface area (Å²) in [7, 11) is 3.52. The summed E-state index contributed by atoms with van der Waals surface area (Å²) in [5.74, 6) is 0.756. The highest BCUT2D eigenvalue weighted by Gasteiger charge is 2.20. The normalized spacial score (nSPS) is 20.5. The summed E-state index contributed by atoms with van der Waals surface area (Å²) in [5.41, 5.74) is 0. The fourth-order valence-corrected chi connectivity index (χ4v) is 2.91. The number of likely N-dealkylation sites (N-methyl/N-ethyl adjacent to an activating group) is 1. The fourth-order valence-electron chi connectivity index (χ4n) is 2.91. The van der Waals surface area contributed by atoms with Crippen LogP contribution in [-0.4, -0.2) is 74.0 Å². The molecule has 1 rings (SSSR count). The zero-order chi connectivity index (χ0) is 17.9. The van der Waals surface area contributed by atoms with Crippen molar-refractivity contribution in [2.24, 2.45) is 4.99 Å². The maximum Gasteiger partial charge on any atom is 0.243 e. The lowest BCUT2D eigenvalue weighted by molar-refractivity contribution is -0.127. The Hall–Kier alpha value is -1.30. The second kappa shape index (κ2) is 11.3. The van der Waals surface area contributed by atoms with Gasteiger partial charge in [-0.05, 0) is 39.2 Å². The number of carbonyl (C=O) groups is 1. The van der Waals surface area contributed by atoms with E-state index >= 15 is 0 Å². The van der Waals surface area contributed by atoms with Crippen LogP contribution >= 0.6 is 0 Å². The van der Waals surface area contributed by atoms with Gasteiger partial charge in [-0.15, -0.1) is 0 Å². The molecule has 0 radical (unpaired) electrons. The number of nitrogens with one attached hydrogen (secondary N) is 2. The molecule has 2 atom stereocenters. The molecule has 1 aliphatic heterocycles. The molecule has 0 bridgehead atoms. The molecule has 1 saturated heterocycles. The number of nitrogens with zero attached hydrogens (tertiary/aromatic N) is 3. The second-order valence-electron chi connectivity index (χ2n) is 6.93. The molecule has 1 amide bonds. The number of rotatable bonds is 8. The Labute approximate surface area is 148 Å². The topological polar surface area (TPSA) is 60.0 Å². The van der Waals surface area contributed by atoms with Crippen LogP contribution in [0.5, 0.6) is 0 Å². The first kappa shape index (κ1) is 20.7. The molecule has 140 valence electrons. The minimum Gasteiger partial charge on any atom is -0.355 e. The smallest absolute Gasteiger partial charge is 0.243 e. The SMILES string of the molecule is CCC(C)NC(=NCC(=O)N(C)C)NCCN1CCCCC1CC. The third kappa shape index (κ3) is 7.51. The monoisotopic (exact) mass is 339 g/mol. The van der Waals surface area contributed by atoms with Crippen molar-refractivity contribution in [1.82, 2.24) is 20.4 Å². The van der Waals surface area contributed by atoms with Crippen LogP contribution in [0, 0.1) is 0 Å². The molecular weight excluding hydrogens is 302 g/mol.